The molecule has 0 saturated carbocycles. The SMILES string of the molecule is COC(=O)c1cc(I)c(NS(=O)(=O)c2ccc([N+](=O)[O-])cc2)cc1Br. The monoisotopic (exact) mass is 540 g/mol. The molecule has 0 radical (unpaired) electrons. The van der Waals surface area contributed by atoms with E-state index >= 15 is 0 Å². The van der Waals surface area contributed by atoms with Crippen LogP contribution in [-0.2, 0) is 14.8 Å². The molecule has 0 aliphatic carbocycles. The van der Waals surface area contributed by atoms with Crippen molar-refractivity contribution in [3.05, 3.63) is 60.1 Å². The second kappa shape index (κ2) is 7.66. The number of nitrogens with zero attached hydrogens (tertiary/aromatic N) is 1. The van der Waals surface area contributed by atoms with E-state index in [2.05, 4.69) is 25.4 Å². The second-order valence-electron chi connectivity index (χ2n) is 4.66. The standard InChI is InChI=1S/C14H10BrIN2O6S/c1-24-14(19)10-6-12(16)13(7-11(10)15)17-25(22,23)9-4-2-8(3-5-9)18(20)21/h2-7,17H,1H3. The summed E-state index contributed by atoms with van der Waals surface area (Å²) in [5.41, 5.74) is 0.294. The summed E-state index contributed by atoms with van der Waals surface area (Å²) in [7, 11) is -2.71. The van der Waals surface area contributed by atoms with Gasteiger partial charge in [-0.25, -0.2) is 13.2 Å². The summed E-state index contributed by atoms with van der Waals surface area (Å²) in [5.74, 6) is -0.561. The zero-order valence-electron chi connectivity index (χ0n) is 12.5. The molecule has 1 N–H and O–H groups in total. The van der Waals surface area contributed by atoms with Crippen LogP contribution in [0.4, 0.5) is 11.4 Å². The van der Waals surface area contributed by atoms with Crippen LogP contribution in [0.15, 0.2) is 45.8 Å². The Kier molecular flexibility index (Phi) is 6.00. The van der Waals surface area contributed by atoms with Gasteiger partial charge in [0.25, 0.3) is 15.7 Å². The minimum atomic E-state index is -3.95. The van der Waals surface area contributed by atoms with Gasteiger partial charge in [0.2, 0.25) is 0 Å². The predicted molar refractivity (Wildman–Crippen MR) is 102 cm³/mol. The average molecular weight is 541 g/mol. The number of ether oxygens (including phenoxy) is 1. The van der Waals surface area contributed by atoms with Crippen LogP contribution in [0.3, 0.4) is 0 Å². The molecule has 0 aliphatic rings. The lowest BCUT2D eigenvalue weighted by molar-refractivity contribution is -0.384. The third kappa shape index (κ3) is 4.46. The largest absolute Gasteiger partial charge is 0.465 e. The molecule has 0 aliphatic heterocycles. The smallest absolute Gasteiger partial charge is 0.339 e. The van der Waals surface area contributed by atoms with E-state index in [1.165, 1.54) is 19.2 Å². The number of sulfonamides is 1. The third-order valence-electron chi connectivity index (χ3n) is 3.06. The van der Waals surface area contributed by atoms with Crippen molar-refractivity contribution in [2.24, 2.45) is 0 Å². The Labute approximate surface area is 165 Å². The van der Waals surface area contributed by atoms with Gasteiger partial charge in [-0.15, -0.1) is 0 Å². The molecule has 0 heterocycles. The molecule has 0 aromatic heterocycles. The fourth-order valence-electron chi connectivity index (χ4n) is 1.84. The molecular weight excluding hydrogens is 531 g/mol. The van der Waals surface area contributed by atoms with Crippen molar-refractivity contribution in [3.63, 3.8) is 0 Å². The van der Waals surface area contributed by atoms with E-state index in [0.717, 1.165) is 24.3 Å². The van der Waals surface area contributed by atoms with Gasteiger partial charge in [0, 0.05) is 20.2 Å². The number of esters is 1. The number of nitro benzene ring substituents is 1. The number of halogens is 2. The van der Waals surface area contributed by atoms with Gasteiger partial charge in [0.1, 0.15) is 0 Å². The average Bonchev–Trinajstić information content (AvgIpc) is 2.57. The van der Waals surface area contributed by atoms with E-state index in [9.17, 15) is 23.3 Å². The molecular formula is C14H10BrIN2O6S. The predicted octanol–water partition coefficient (Wildman–Crippen LogP) is 3.55. The molecule has 2 aromatic carbocycles. The Bertz CT molecular complexity index is 947. The van der Waals surface area contributed by atoms with E-state index < -0.39 is 20.9 Å². The van der Waals surface area contributed by atoms with Crippen molar-refractivity contribution in [1.29, 1.82) is 0 Å². The lowest BCUT2D eigenvalue weighted by Gasteiger charge is -2.12. The number of benzene rings is 2. The van der Waals surface area contributed by atoms with E-state index in [1.54, 1.807) is 0 Å². The first-order valence-corrected chi connectivity index (χ1v) is 9.86. The number of hydrogen-bond acceptors (Lipinski definition) is 6. The highest BCUT2D eigenvalue weighted by molar-refractivity contribution is 14.1. The lowest BCUT2D eigenvalue weighted by atomic mass is 10.2. The van der Waals surface area contributed by atoms with E-state index in [-0.39, 0.29) is 21.8 Å². The first kappa shape index (κ1) is 19.6. The number of hydrogen-bond donors (Lipinski definition) is 1. The minimum absolute atomic E-state index is 0.123. The minimum Gasteiger partial charge on any atom is -0.465 e. The van der Waals surface area contributed by atoms with E-state index in [0.29, 0.717) is 8.04 Å². The topological polar surface area (TPSA) is 116 Å². The zero-order valence-corrected chi connectivity index (χ0v) is 17.1. The van der Waals surface area contributed by atoms with Crippen LogP contribution < -0.4 is 4.72 Å². The molecule has 25 heavy (non-hydrogen) atoms. The first-order valence-electron chi connectivity index (χ1n) is 6.50. The molecule has 0 atom stereocenters. The molecule has 8 nitrogen and oxygen atoms in total. The molecule has 132 valence electrons. The molecule has 0 amide bonds. The van der Waals surface area contributed by atoms with Crippen molar-refractivity contribution < 1.29 is 22.9 Å². The molecule has 0 unspecified atom stereocenters. The maximum atomic E-state index is 12.4. The highest BCUT2D eigenvalue weighted by Gasteiger charge is 2.20. The quantitative estimate of drug-likeness (QED) is 0.268. The highest BCUT2D eigenvalue weighted by Crippen LogP contribution is 2.29. The Hall–Kier alpha value is -1.73. The molecule has 2 rings (SSSR count). The van der Waals surface area contributed by atoms with Gasteiger partial charge >= 0.3 is 5.97 Å². The zero-order chi connectivity index (χ0) is 18.8. The number of carbonyl (C=O) groups excluding carboxylic acids is 1. The third-order valence-corrected chi connectivity index (χ3v) is 5.99. The number of nitrogens with one attached hydrogen (secondary N) is 1. The van der Waals surface area contributed by atoms with E-state index in [1.807, 2.05) is 22.6 Å². The van der Waals surface area contributed by atoms with Crippen LogP contribution in [-0.4, -0.2) is 26.4 Å². The summed E-state index contributed by atoms with van der Waals surface area (Å²) < 4.78 is 32.7. The fourth-order valence-corrected chi connectivity index (χ4v) is 4.20. The van der Waals surface area contributed by atoms with Gasteiger partial charge in [-0.05, 0) is 62.8 Å². The van der Waals surface area contributed by atoms with E-state index in [4.69, 9.17) is 0 Å². The summed E-state index contributed by atoms with van der Waals surface area (Å²) >= 11 is 5.08. The molecule has 0 fully saturated rings. The number of carbonyl (C=O) groups is 1. The van der Waals surface area contributed by atoms with Gasteiger partial charge in [-0.1, -0.05) is 0 Å². The summed E-state index contributed by atoms with van der Waals surface area (Å²) in [6.45, 7) is 0. The maximum Gasteiger partial charge on any atom is 0.339 e. The van der Waals surface area contributed by atoms with Gasteiger partial charge < -0.3 is 4.74 Å². The van der Waals surface area contributed by atoms with Gasteiger partial charge in [0.05, 0.1) is 28.2 Å². The van der Waals surface area contributed by atoms with Gasteiger partial charge in [-0.2, -0.15) is 0 Å². The summed E-state index contributed by atoms with van der Waals surface area (Å²) in [6.07, 6.45) is 0. The van der Waals surface area contributed by atoms with Crippen LogP contribution in [0.5, 0.6) is 0 Å². The second-order valence-corrected chi connectivity index (χ2v) is 8.36. The van der Waals surface area contributed by atoms with Crippen LogP contribution in [0, 0.1) is 13.7 Å². The van der Waals surface area contributed by atoms with Crippen molar-refractivity contribution in [2.45, 2.75) is 4.90 Å². The summed E-state index contributed by atoms with van der Waals surface area (Å²) in [5, 5.41) is 10.6. The molecule has 2 aromatic rings. The molecule has 11 heteroatoms. The molecule has 0 bridgehead atoms. The summed E-state index contributed by atoms with van der Waals surface area (Å²) in [6, 6.07) is 7.42. The number of anilines is 1. The van der Waals surface area contributed by atoms with Crippen LogP contribution in [0.1, 0.15) is 10.4 Å². The number of methoxy groups -OCH3 is 1. The van der Waals surface area contributed by atoms with Crippen molar-refractivity contribution >= 4 is 65.9 Å². The Morgan fingerprint density at radius 1 is 1.28 bits per heavy atom. The normalized spacial score (nSPS) is 11.0. The fraction of sp³-hybridized carbons (Fsp3) is 0.0714. The Balaban J connectivity index is 2.36. The van der Waals surface area contributed by atoms with Gasteiger partial charge in [0.15, 0.2) is 0 Å². The maximum absolute atomic E-state index is 12.4. The lowest BCUT2D eigenvalue weighted by Crippen LogP contribution is -2.14. The van der Waals surface area contributed by atoms with Gasteiger partial charge in [-0.3, -0.25) is 14.8 Å². The highest BCUT2D eigenvalue weighted by atomic mass is 127. The number of nitro groups is 1. The number of rotatable bonds is 5. The molecule has 0 spiro atoms. The molecule has 0 saturated heterocycles. The van der Waals surface area contributed by atoms with Crippen LogP contribution in [0.25, 0.3) is 0 Å². The Morgan fingerprint density at radius 3 is 2.40 bits per heavy atom. The van der Waals surface area contributed by atoms with Crippen LogP contribution in [0.2, 0.25) is 0 Å². The van der Waals surface area contributed by atoms with Crippen molar-refractivity contribution in [2.75, 3.05) is 11.8 Å². The number of non-ortho nitro benzene ring substituents is 1. The Morgan fingerprint density at radius 2 is 1.88 bits per heavy atom. The van der Waals surface area contributed by atoms with Crippen molar-refractivity contribution in [1.82, 2.24) is 0 Å². The van der Waals surface area contributed by atoms with Crippen LogP contribution >= 0.6 is 38.5 Å². The summed E-state index contributed by atoms with van der Waals surface area (Å²) in [4.78, 5) is 21.5. The van der Waals surface area contributed by atoms with Crippen molar-refractivity contribution in [3.8, 4) is 0 Å². The first-order chi connectivity index (χ1) is 11.7.